The van der Waals surface area contributed by atoms with Crippen LogP contribution in [0.1, 0.15) is 43.4 Å². The van der Waals surface area contributed by atoms with Gasteiger partial charge in [-0.2, -0.15) is 0 Å². The lowest BCUT2D eigenvalue weighted by molar-refractivity contribution is 0.0597. The molecule has 2 N–H and O–H groups in total. The van der Waals surface area contributed by atoms with E-state index < -0.39 is 0 Å². The standard InChI is InChI=1S/C18H30N2O/c1-4-17(19)18(16-9-7-14(2)8-10-16)20-11-5-6-15(12-20)13-21-3/h7-10,15,17-18H,4-6,11-13,19H2,1-3H3. The first-order valence-corrected chi connectivity index (χ1v) is 8.20. The van der Waals surface area contributed by atoms with Gasteiger partial charge in [0.15, 0.2) is 0 Å². The highest BCUT2D eigenvalue weighted by Gasteiger charge is 2.30. The van der Waals surface area contributed by atoms with E-state index in [1.54, 1.807) is 7.11 Å². The SMILES string of the molecule is CCC(N)C(c1ccc(C)cc1)N1CCCC(COC)C1. The Balaban J connectivity index is 2.17. The Kier molecular flexibility index (Phi) is 6.22. The number of nitrogens with zero attached hydrogens (tertiary/aromatic N) is 1. The number of ether oxygens (including phenoxy) is 1. The Hall–Kier alpha value is -0.900. The summed E-state index contributed by atoms with van der Waals surface area (Å²) in [6.07, 6.45) is 3.52. The van der Waals surface area contributed by atoms with Crippen molar-refractivity contribution in [2.45, 2.75) is 45.2 Å². The Morgan fingerprint density at radius 2 is 2.05 bits per heavy atom. The molecule has 1 aromatic rings. The summed E-state index contributed by atoms with van der Waals surface area (Å²) in [5.74, 6) is 0.640. The lowest BCUT2D eigenvalue weighted by atomic mass is 9.91. The second-order valence-electron chi connectivity index (χ2n) is 6.39. The van der Waals surface area contributed by atoms with Gasteiger partial charge in [0, 0.05) is 25.7 Å². The maximum Gasteiger partial charge on any atom is 0.0502 e. The van der Waals surface area contributed by atoms with Crippen LogP contribution in [0.2, 0.25) is 0 Å². The molecule has 3 nitrogen and oxygen atoms in total. The Morgan fingerprint density at radius 1 is 1.33 bits per heavy atom. The lowest BCUT2D eigenvalue weighted by Crippen LogP contribution is -2.46. The van der Waals surface area contributed by atoms with E-state index in [0.29, 0.717) is 12.0 Å². The average molecular weight is 290 g/mol. The van der Waals surface area contributed by atoms with Crippen LogP contribution in [0.5, 0.6) is 0 Å². The zero-order chi connectivity index (χ0) is 15.2. The maximum atomic E-state index is 6.46. The molecule has 3 atom stereocenters. The summed E-state index contributed by atoms with van der Waals surface area (Å²) in [7, 11) is 1.80. The van der Waals surface area contributed by atoms with Crippen LogP contribution < -0.4 is 5.73 Å². The van der Waals surface area contributed by atoms with Gasteiger partial charge in [-0.1, -0.05) is 36.8 Å². The second kappa shape index (κ2) is 7.92. The first-order chi connectivity index (χ1) is 10.2. The molecule has 0 aromatic heterocycles. The highest BCUT2D eigenvalue weighted by atomic mass is 16.5. The smallest absolute Gasteiger partial charge is 0.0502 e. The average Bonchev–Trinajstić information content (AvgIpc) is 2.50. The van der Waals surface area contributed by atoms with Crippen LogP contribution in [0.4, 0.5) is 0 Å². The number of nitrogens with two attached hydrogens (primary N) is 1. The van der Waals surface area contributed by atoms with Gasteiger partial charge in [-0.3, -0.25) is 4.90 Å². The van der Waals surface area contributed by atoms with Crippen LogP contribution in [0, 0.1) is 12.8 Å². The van der Waals surface area contributed by atoms with Crippen LogP contribution in [-0.2, 0) is 4.74 Å². The molecule has 0 spiro atoms. The van der Waals surface area contributed by atoms with Crippen LogP contribution >= 0.6 is 0 Å². The molecule has 0 aliphatic carbocycles. The van der Waals surface area contributed by atoms with Crippen LogP contribution in [-0.4, -0.2) is 37.7 Å². The molecule has 0 radical (unpaired) electrons. The molecule has 0 amide bonds. The molecule has 118 valence electrons. The van der Waals surface area contributed by atoms with Crippen molar-refractivity contribution in [3.8, 4) is 0 Å². The first-order valence-electron chi connectivity index (χ1n) is 8.20. The third-order valence-electron chi connectivity index (χ3n) is 4.64. The monoisotopic (exact) mass is 290 g/mol. The van der Waals surface area contributed by atoms with Crippen molar-refractivity contribution < 1.29 is 4.74 Å². The maximum absolute atomic E-state index is 6.46. The number of hydrogen-bond donors (Lipinski definition) is 1. The van der Waals surface area contributed by atoms with Crippen molar-refractivity contribution in [1.82, 2.24) is 4.90 Å². The van der Waals surface area contributed by atoms with E-state index in [2.05, 4.69) is 43.0 Å². The summed E-state index contributed by atoms with van der Waals surface area (Å²) in [5, 5.41) is 0. The van der Waals surface area contributed by atoms with Crippen LogP contribution in [0.15, 0.2) is 24.3 Å². The minimum atomic E-state index is 0.189. The fourth-order valence-corrected chi connectivity index (χ4v) is 3.44. The highest BCUT2D eigenvalue weighted by molar-refractivity contribution is 5.25. The fourth-order valence-electron chi connectivity index (χ4n) is 3.44. The molecule has 3 unspecified atom stereocenters. The fraction of sp³-hybridized carbons (Fsp3) is 0.667. The lowest BCUT2D eigenvalue weighted by Gasteiger charge is -2.41. The third-order valence-corrected chi connectivity index (χ3v) is 4.64. The van der Waals surface area contributed by atoms with Crippen molar-refractivity contribution in [2.75, 3.05) is 26.8 Å². The highest BCUT2D eigenvalue weighted by Crippen LogP contribution is 2.30. The summed E-state index contributed by atoms with van der Waals surface area (Å²) in [5.41, 5.74) is 9.12. The van der Waals surface area contributed by atoms with E-state index in [-0.39, 0.29) is 6.04 Å². The van der Waals surface area contributed by atoms with Crippen molar-refractivity contribution in [3.05, 3.63) is 35.4 Å². The predicted octanol–water partition coefficient (Wildman–Crippen LogP) is 3.13. The molecular weight excluding hydrogens is 260 g/mol. The number of piperidine rings is 1. The Morgan fingerprint density at radius 3 is 2.67 bits per heavy atom. The molecule has 0 bridgehead atoms. The zero-order valence-electron chi connectivity index (χ0n) is 13.7. The molecule has 21 heavy (non-hydrogen) atoms. The van der Waals surface area contributed by atoms with Crippen molar-refractivity contribution in [1.29, 1.82) is 0 Å². The van der Waals surface area contributed by atoms with Crippen LogP contribution in [0.3, 0.4) is 0 Å². The molecule has 1 aliphatic heterocycles. The number of methoxy groups -OCH3 is 1. The molecular formula is C18H30N2O. The van der Waals surface area contributed by atoms with Gasteiger partial charge >= 0.3 is 0 Å². The summed E-state index contributed by atoms with van der Waals surface area (Å²) < 4.78 is 5.36. The molecule has 2 rings (SSSR count). The second-order valence-corrected chi connectivity index (χ2v) is 6.39. The van der Waals surface area contributed by atoms with Gasteiger partial charge in [0.2, 0.25) is 0 Å². The predicted molar refractivity (Wildman–Crippen MR) is 88.4 cm³/mol. The molecule has 3 heteroatoms. The Bertz CT molecular complexity index is 416. The zero-order valence-corrected chi connectivity index (χ0v) is 13.7. The summed E-state index contributed by atoms with van der Waals surface area (Å²) >= 11 is 0. The number of rotatable bonds is 6. The van der Waals surface area contributed by atoms with E-state index in [9.17, 15) is 0 Å². The largest absolute Gasteiger partial charge is 0.384 e. The number of likely N-dealkylation sites (tertiary alicyclic amines) is 1. The number of benzene rings is 1. The minimum Gasteiger partial charge on any atom is -0.384 e. The van der Waals surface area contributed by atoms with E-state index >= 15 is 0 Å². The van der Waals surface area contributed by atoms with Crippen molar-refractivity contribution in [3.63, 3.8) is 0 Å². The van der Waals surface area contributed by atoms with Crippen molar-refractivity contribution >= 4 is 0 Å². The molecule has 0 saturated carbocycles. The van der Waals surface area contributed by atoms with Gasteiger partial charge in [0.1, 0.15) is 0 Å². The third kappa shape index (κ3) is 4.29. The van der Waals surface area contributed by atoms with Gasteiger partial charge in [-0.05, 0) is 44.2 Å². The first kappa shape index (κ1) is 16.5. The molecule has 1 heterocycles. The number of aryl methyl sites for hydroxylation is 1. The van der Waals surface area contributed by atoms with Gasteiger partial charge < -0.3 is 10.5 Å². The Labute approximate surface area is 129 Å². The topological polar surface area (TPSA) is 38.5 Å². The van der Waals surface area contributed by atoms with Gasteiger partial charge in [-0.15, -0.1) is 0 Å². The molecule has 1 fully saturated rings. The van der Waals surface area contributed by atoms with Gasteiger partial charge in [-0.25, -0.2) is 0 Å². The van der Waals surface area contributed by atoms with Gasteiger partial charge in [0.05, 0.1) is 6.61 Å². The van der Waals surface area contributed by atoms with Crippen LogP contribution in [0.25, 0.3) is 0 Å². The van der Waals surface area contributed by atoms with E-state index in [0.717, 1.165) is 26.1 Å². The summed E-state index contributed by atoms with van der Waals surface area (Å²) in [6.45, 7) is 7.42. The molecule has 1 aliphatic rings. The molecule has 1 aromatic carbocycles. The normalized spacial score (nSPS) is 23.0. The van der Waals surface area contributed by atoms with Crippen molar-refractivity contribution in [2.24, 2.45) is 11.7 Å². The van der Waals surface area contributed by atoms with E-state index in [4.69, 9.17) is 10.5 Å². The van der Waals surface area contributed by atoms with Gasteiger partial charge in [0.25, 0.3) is 0 Å². The van der Waals surface area contributed by atoms with E-state index in [1.165, 1.54) is 24.0 Å². The van der Waals surface area contributed by atoms with E-state index in [1.807, 2.05) is 0 Å². The number of hydrogen-bond acceptors (Lipinski definition) is 3. The quantitative estimate of drug-likeness (QED) is 0.875. The summed E-state index contributed by atoms with van der Waals surface area (Å²) in [4.78, 5) is 2.58. The summed E-state index contributed by atoms with van der Waals surface area (Å²) in [6, 6.07) is 9.40. The molecule has 1 saturated heterocycles. The minimum absolute atomic E-state index is 0.189.